The first-order valence-corrected chi connectivity index (χ1v) is 9.27. The maximum Gasteiger partial charge on any atom is 0.191 e. The monoisotopic (exact) mass is 421 g/mol. The maximum absolute atomic E-state index is 12.3. The number of aromatic nitrogens is 3. The molecule has 4 nitrogen and oxygen atoms in total. The van der Waals surface area contributed by atoms with E-state index in [-0.39, 0.29) is 5.78 Å². The van der Waals surface area contributed by atoms with Crippen molar-refractivity contribution in [3.05, 3.63) is 63.6 Å². The van der Waals surface area contributed by atoms with E-state index >= 15 is 0 Å². The lowest BCUT2D eigenvalue weighted by Gasteiger charge is -2.04. The molecule has 1 heterocycles. The van der Waals surface area contributed by atoms with Crippen LogP contribution in [0.2, 0.25) is 5.02 Å². The Balaban J connectivity index is 1.72. The van der Waals surface area contributed by atoms with E-state index in [1.807, 2.05) is 48.0 Å². The molecule has 0 aliphatic rings. The summed E-state index contributed by atoms with van der Waals surface area (Å²) in [4.78, 5) is 12.3. The predicted molar refractivity (Wildman–Crippen MR) is 101 cm³/mol. The SMILES string of the molecule is Cn1c(SCC(=O)c2ccc(Br)cc2)nnc1-c1cccc(Cl)c1. The van der Waals surface area contributed by atoms with E-state index in [4.69, 9.17) is 11.6 Å². The van der Waals surface area contributed by atoms with Crippen LogP contribution in [-0.2, 0) is 7.05 Å². The van der Waals surface area contributed by atoms with Gasteiger partial charge >= 0.3 is 0 Å². The largest absolute Gasteiger partial charge is 0.305 e. The fourth-order valence-electron chi connectivity index (χ4n) is 2.17. The minimum Gasteiger partial charge on any atom is -0.305 e. The van der Waals surface area contributed by atoms with Gasteiger partial charge in [-0.1, -0.05) is 63.6 Å². The Labute approximate surface area is 157 Å². The Hall–Kier alpha value is -1.63. The Morgan fingerprint density at radius 1 is 1.21 bits per heavy atom. The summed E-state index contributed by atoms with van der Waals surface area (Å²) in [6, 6.07) is 14.8. The summed E-state index contributed by atoms with van der Waals surface area (Å²) in [6.07, 6.45) is 0. The molecule has 0 fully saturated rings. The maximum atomic E-state index is 12.3. The van der Waals surface area contributed by atoms with Gasteiger partial charge in [-0.25, -0.2) is 0 Å². The molecule has 0 N–H and O–H groups in total. The molecule has 0 radical (unpaired) electrons. The zero-order valence-corrected chi connectivity index (χ0v) is 15.9. The van der Waals surface area contributed by atoms with Gasteiger partial charge in [0.2, 0.25) is 0 Å². The van der Waals surface area contributed by atoms with Crippen molar-refractivity contribution < 1.29 is 4.79 Å². The van der Waals surface area contributed by atoms with Gasteiger partial charge in [-0.15, -0.1) is 10.2 Å². The zero-order valence-electron chi connectivity index (χ0n) is 12.7. The summed E-state index contributed by atoms with van der Waals surface area (Å²) in [6.45, 7) is 0. The summed E-state index contributed by atoms with van der Waals surface area (Å²) >= 11 is 10.8. The third kappa shape index (κ3) is 3.88. The molecule has 3 aromatic rings. The number of hydrogen-bond acceptors (Lipinski definition) is 4. The van der Waals surface area contributed by atoms with Crippen molar-refractivity contribution in [1.29, 1.82) is 0 Å². The molecule has 122 valence electrons. The van der Waals surface area contributed by atoms with Crippen molar-refractivity contribution in [1.82, 2.24) is 14.8 Å². The van der Waals surface area contributed by atoms with E-state index < -0.39 is 0 Å². The fourth-order valence-corrected chi connectivity index (χ4v) is 3.43. The minimum atomic E-state index is 0.0554. The van der Waals surface area contributed by atoms with E-state index in [1.165, 1.54) is 11.8 Å². The van der Waals surface area contributed by atoms with Crippen molar-refractivity contribution in [2.75, 3.05) is 5.75 Å². The average Bonchev–Trinajstić information content (AvgIpc) is 2.94. The lowest BCUT2D eigenvalue weighted by Crippen LogP contribution is -2.03. The van der Waals surface area contributed by atoms with Crippen LogP contribution in [0.3, 0.4) is 0 Å². The topological polar surface area (TPSA) is 47.8 Å². The van der Waals surface area contributed by atoms with Crippen LogP contribution in [0, 0.1) is 0 Å². The highest BCUT2D eigenvalue weighted by Crippen LogP contribution is 2.25. The molecule has 0 atom stereocenters. The Bertz CT molecular complexity index is 880. The van der Waals surface area contributed by atoms with Gasteiger partial charge in [0.1, 0.15) is 0 Å². The summed E-state index contributed by atoms with van der Waals surface area (Å²) in [5.41, 5.74) is 1.58. The molecule has 0 aliphatic carbocycles. The highest BCUT2D eigenvalue weighted by Gasteiger charge is 2.14. The number of Topliss-reactive ketones (excluding diaryl/α,β-unsaturated/α-hetero) is 1. The third-order valence-corrected chi connectivity index (χ3v) is 5.20. The third-order valence-electron chi connectivity index (χ3n) is 3.42. The van der Waals surface area contributed by atoms with Gasteiger partial charge in [-0.3, -0.25) is 4.79 Å². The normalized spacial score (nSPS) is 10.8. The second-order valence-electron chi connectivity index (χ2n) is 5.09. The highest BCUT2D eigenvalue weighted by atomic mass is 79.9. The molecule has 0 aliphatic heterocycles. The quantitative estimate of drug-likeness (QED) is 0.434. The lowest BCUT2D eigenvalue weighted by atomic mass is 10.2. The molecular weight excluding hydrogens is 410 g/mol. The Kier molecular flexibility index (Phi) is 5.38. The summed E-state index contributed by atoms with van der Waals surface area (Å²) in [5.74, 6) is 1.08. The average molecular weight is 423 g/mol. The summed E-state index contributed by atoms with van der Waals surface area (Å²) in [7, 11) is 1.88. The van der Waals surface area contributed by atoms with Crippen LogP contribution in [0.4, 0.5) is 0 Å². The van der Waals surface area contributed by atoms with E-state index in [2.05, 4.69) is 26.1 Å². The van der Waals surface area contributed by atoms with E-state index in [9.17, 15) is 4.79 Å². The van der Waals surface area contributed by atoms with Crippen LogP contribution in [0.15, 0.2) is 58.2 Å². The number of benzene rings is 2. The molecule has 7 heteroatoms. The van der Waals surface area contributed by atoms with Crippen LogP contribution in [0.1, 0.15) is 10.4 Å². The Morgan fingerprint density at radius 2 is 1.96 bits per heavy atom. The van der Waals surface area contributed by atoms with Crippen molar-refractivity contribution in [3.8, 4) is 11.4 Å². The molecule has 0 saturated carbocycles. The van der Waals surface area contributed by atoms with Crippen LogP contribution >= 0.6 is 39.3 Å². The van der Waals surface area contributed by atoms with Gasteiger partial charge in [0.15, 0.2) is 16.8 Å². The molecule has 0 saturated heterocycles. The number of nitrogens with zero attached hydrogens (tertiary/aromatic N) is 3. The number of rotatable bonds is 5. The molecule has 0 amide bonds. The van der Waals surface area contributed by atoms with E-state index in [0.29, 0.717) is 21.5 Å². The van der Waals surface area contributed by atoms with Crippen LogP contribution in [0.5, 0.6) is 0 Å². The van der Waals surface area contributed by atoms with Gasteiger partial charge in [0, 0.05) is 27.7 Å². The van der Waals surface area contributed by atoms with Gasteiger partial charge in [-0.2, -0.15) is 0 Å². The predicted octanol–water partition coefficient (Wildman–Crippen LogP) is 4.87. The number of hydrogen-bond donors (Lipinski definition) is 0. The van der Waals surface area contributed by atoms with Crippen molar-refractivity contribution in [2.24, 2.45) is 7.05 Å². The smallest absolute Gasteiger partial charge is 0.191 e. The first kappa shape index (κ1) is 17.2. The minimum absolute atomic E-state index is 0.0554. The van der Waals surface area contributed by atoms with Crippen LogP contribution in [0.25, 0.3) is 11.4 Å². The molecule has 1 aromatic heterocycles. The molecule has 3 rings (SSSR count). The number of carbonyl (C=O) groups excluding carboxylic acids is 1. The molecule has 2 aromatic carbocycles. The van der Waals surface area contributed by atoms with Crippen molar-refractivity contribution in [2.45, 2.75) is 5.16 Å². The molecule has 0 bridgehead atoms. The molecular formula is C17H13BrClN3OS. The molecule has 0 unspecified atom stereocenters. The second kappa shape index (κ2) is 7.51. The Morgan fingerprint density at radius 3 is 2.67 bits per heavy atom. The standard InChI is InChI=1S/C17H13BrClN3OS/c1-22-16(12-3-2-4-14(19)9-12)20-21-17(22)24-10-15(23)11-5-7-13(18)8-6-11/h2-9H,10H2,1H3. The fraction of sp³-hybridized carbons (Fsp3) is 0.118. The van der Waals surface area contributed by atoms with Crippen LogP contribution < -0.4 is 0 Å². The van der Waals surface area contributed by atoms with Gasteiger partial charge < -0.3 is 4.57 Å². The van der Waals surface area contributed by atoms with Gasteiger partial charge in [-0.05, 0) is 24.3 Å². The number of carbonyl (C=O) groups is 1. The number of ketones is 1. The van der Waals surface area contributed by atoms with Gasteiger partial charge in [0.25, 0.3) is 0 Å². The van der Waals surface area contributed by atoms with Crippen LogP contribution in [-0.4, -0.2) is 26.3 Å². The summed E-state index contributed by atoms with van der Waals surface area (Å²) in [5, 5.41) is 9.72. The van der Waals surface area contributed by atoms with E-state index in [0.717, 1.165) is 15.9 Å². The number of thioether (sulfide) groups is 1. The van der Waals surface area contributed by atoms with Crippen molar-refractivity contribution in [3.63, 3.8) is 0 Å². The summed E-state index contributed by atoms with van der Waals surface area (Å²) < 4.78 is 2.82. The zero-order chi connectivity index (χ0) is 17.1. The molecule has 0 spiro atoms. The first-order valence-electron chi connectivity index (χ1n) is 7.11. The molecule has 24 heavy (non-hydrogen) atoms. The lowest BCUT2D eigenvalue weighted by molar-refractivity contribution is 0.102. The van der Waals surface area contributed by atoms with Gasteiger partial charge in [0.05, 0.1) is 5.75 Å². The highest BCUT2D eigenvalue weighted by molar-refractivity contribution is 9.10. The number of halogens is 2. The van der Waals surface area contributed by atoms with Crippen molar-refractivity contribution >= 4 is 45.1 Å². The van der Waals surface area contributed by atoms with E-state index in [1.54, 1.807) is 12.1 Å². The second-order valence-corrected chi connectivity index (χ2v) is 7.39. The first-order chi connectivity index (χ1) is 11.5.